The number of fused-ring (bicyclic) bond motifs is 1. The molecule has 2 N–H and O–H groups in total. The zero-order valence-electron chi connectivity index (χ0n) is 12.4. The van der Waals surface area contributed by atoms with Crippen LogP contribution in [0.4, 0.5) is 0 Å². The normalized spacial score (nSPS) is 12.2. The SMILES string of the molecule is C=C(O)CC(c1ccccc1)c1c(O)c2ccccc2oc1=O. The topological polar surface area (TPSA) is 70.7 Å². The fourth-order valence-electron chi connectivity index (χ4n) is 2.76. The molecule has 1 unspecified atom stereocenters. The molecule has 0 aliphatic rings. The van der Waals surface area contributed by atoms with Crippen molar-refractivity contribution in [1.82, 2.24) is 0 Å². The second-order valence-electron chi connectivity index (χ2n) is 5.38. The molecule has 3 aromatic rings. The third-order valence-corrected chi connectivity index (χ3v) is 3.81. The summed E-state index contributed by atoms with van der Waals surface area (Å²) in [6.45, 7) is 3.51. The zero-order valence-corrected chi connectivity index (χ0v) is 12.4. The Balaban J connectivity index is 2.26. The van der Waals surface area contributed by atoms with E-state index in [1.54, 1.807) is 24.3 Å². The zero-order chi connectivity index (χ0) is 16.4. The van der Waals surface area contributed by atoms with E-state index in [1.807, 2.05) is 30.3 Å². The summed E-state index contributed by atoms with van der Waals surface area (Å²) in [7, 11) is 0. The van der Waals surface area contributed by atoms with Crippen LogP contribution in [0.3, 0.4) is 0 Å². The molecule has 0 fully saturated rings. The average Bonchev–Trinajstić information content (AvgIpc) is 2.54. The maximum absolute atomic E-state index is 12.4. The Labute approximate surface area is 132 Å². The highest BCUT2D eigenvalue weighted by Gasteiger charge is 2.25. The molecule has 0 spiro atoms. The molecule has 0 amide bonds. The van der Waals surface area contributed by atoms with E-state index in [0.717, 1.165) is 5.56 Å². The first-order valence-electron chi connectivity index (χ1n) is 7.24. The molecule has 0 radical (unpaired) electrons. The molecule has 23 heavy (non-hydrogen) atoms. The number of aromatic hydroxyl groups is 1. The molecule has 1 heterocycles. The van der Waals surface area contributed by atoms with Crippen molar-refractivity contribution in [2.75, 3.05) is 0 Å². The van der Waals surface area contributed by atoms with Crippen LogP contribution in [0.1, 0.15) is 23.5 Å². The summed E-state index contributed by atoms with van der Waals surface area (Å²) in [5, 5.41) is 20.7. The van der Waals surface area contributed by atoms with Gasteiger partial charge in [-0.25, -0.2) is 4.79 Å². The first kappa shape index (κ1) is 14.9. The second kappa shape index (κ2) is 6.01. The summed E-state index contributed by atoms with van der Waals surface area (Å²) in [5.74, 6) is -0.715. The monoisotopic (exact) mass is 308 g/mol. The second-order valence-corrected chi connectivity index (χ2v) is 5.38. The van der Waals surface area contributed by atoms with E-state index in [9.17, 15) is 15.0 Å². The largest absolute Gasteiger partial charge is 0.513 e. The maximum Gasteiger partial charge on any atom is 0.343 e. The molecule has 4 nitrogen and oxygen atoms in total. The molecule has 0 saturated carbocycles. The fraction of sp³-hybridized carbons (Fsp3) is 0.105. The lowest BCUT2D eigenvalue weighted by Crippen LogP contribution is -2.15. The van der Waals surface area contributed by atoms with Gasteiger partial charge in [0.05, 0.1) is 16.7 Å². The van der Waals surface area contributed by atoms with Gasteiger partial charge in [0.25, 0.3) is 0 Å². The molecule has 0 bridgehead atoms. The number of allylic oxidation sites excluding steroid dienone is 1. The number of aliphatic hydroxyl groups excluding tert-OH is 1. The van der Waals surface area contributed by atoms with Gasteiger partial charge >= 0.3 is 5.63 Å². The Morgan fingerprint density at radius 3 is 2.43 bits per heavy atom. The molecule has 0 aliphatic heterocycles. The minimum Gasteiger partial charge on any atom is -0.513 e. The molecule has 1 aromatic heterocycles. The van der Waals surface area contributed by atoms with E-state index < -0.39 is 11.5 Å². The van der Waals surface area contributed by atoms with Gasteiger partial charge in [0.15, 0.2) is 0 Å². The van der Waals surface area contributed by atoms with Crippen LogP contribution in [0.5, 0.6) is 5.75 Å². The van der Waals surface area contributed by atoms with Crippen molar-refractivity contribution >= 4 is 11.0 Å². The van der Waals surface area contributed by atoms with E-state index in [0.29, 0.717) is 11.0 Å². The van der Waals surface area contributed by atoms with Crippen LogP contribution in [0, 0.1) is 0 Å². The van der Waals surface area contributed by atoms with Gasteiger partial charge in [0.1, 0.15) is 11.3 Å². The van der Waals surface area contributed by atoms with Gasteiger partial charge in [-0.2, -0.15) is 0 Å². The average molecular weight is 308 g/mol. The maximum atomic E-state index is 12.4. The Kier molecular flexibility index (Phi) is 3.89. The van der Waals surface area contributed by atoms with Gasteiger partial charge in [-0.3, -0.25) is 0 Å². The quantitative estimate of drug-likeness (QED) is 0.562. The predicted octanol–water partition coefficient (Wildman–Crippen LogP) is 4.09. The highest BCUT2D eigenvalue weighted by Crippen LogP contribution is 2.36. The lowest BCUT2D eigenvalue weighted by Gasteiger charge is -2.18. The van der Waals surface area contributed by atoms with Crippen molar-refractivity contribution in [3.63, 3.8) is 0 Å². The Bertz CT molecular complexity index is 910. The molecule has 0 aliphatic carbocycles. The highest BCUT2D eigenvalue weighted by atomic mass is 16.4. The first-order valence-corrected chi connectivity index (χ1v) is 7.24. The first-order chi connectivity index (χ1) is 11.1. The molecule has 4 heteroatoms. The predicted molar refractivity (Wildman–Crippen MR) is 88.8 cm³/mol. The Morgan fingerprint density at radius 2 is 1.74 bits per heavy atom. The van der Waals surface area contributed by atoms with Crippen LogP contribution in [0.2, 0.25) is 0 Å². The number of benzene rings is 2. The van der Waals surface area contributed by atoms with Crippen LogP contribution in [0.15, 0.2) is 76.1 Å². The van der Waals surface area contributed by atoms with E-state index in [4.69, 9.17) is 4.42 Å². The van der Waals surface area contributed by atoms with Crippen LogP contribution in [0.25, 0.3) is 11.0 Å². The van der Waals surface area contributed by atoms with E-state index in [-0.39, 0.29) is 23.5 Å². The molecular weight excluding hydrogens is 292 g/mol. The smallest absolute Gasteiger partial charge is 0.343 e. The molecule has 3 rings (SSSR count). The van der Waals surface area contributed by atoms with E-state index in [1.165, 1.54) is 0 Å². The Hall–Kier alpha value is -3.01. The molecule has 0 saturated heterocycles. The van der Waals surface area contributed by atoms with Gasteiger partial charge in [-0.05, 0) is 17.7 Å². The highest BCUT2D eigenvalue weighted by molar-refractivity contribution is 5.84. The minimum absolute atomic E-state index is 0.0641. The summed E-state index contributed by atoms with van der Waals surface area (Å²) in [6, 6.07) is 16.0. The van der Waals surface area contributed by atoms with Gasteiger partial charge in [0.2, 0.25) is 0 Å². The molecular formula is C19H16O4. The van der Waals surface area contributed by atoms with Gasteiger partial charge < -0.3 is 14.6 Å². The van der Waals surface area contributed by atoms with Crippen LogP contribution in [-0.2, 0) is 0 Å². The third-order valence-electron chi connectivity index (χ3n) is 3.81. The van der Waals surface area contributed by atoms with Crippen LogP contribution < -0.4 is 5.63 Å². The van der Waals surface area contributed by atoms with Crippen molar-refractivity contribution in [1.29, 1.82) is 0 Å². The molecule has 2 aromatic carbocycles. The van der Waals surface area contributed by atoms with Crippen molar-refractivity contribution < 1.29 is 14.6 Å². The van der Waals surface area contributed by atoms with E-state index >= 15 is 0 Å². The van der Waals surface area contributed by atoms with Gasteiger partial charge in [0, 0.05) is 12.3 Å². The van der Waals surface area contributed by atoms with Gasteiger partial charge in [-0.15, -0.1) is 0 Å². The lowest BCUT2D eigenvalue weighted by atomic mass is 9.88. The minimum atomic E-state index is -0.615. The van der Waals surface area contributed by atoms with Crippen molar-refractivity contribution in [3.8, 4) is 5.75 Å². The number of hydrogen-bond donors (Lipinski definition) is 2. The molecule has 116 valence electrons. The van der Waals surface area contributed by atoms with E-state index in [2.05, 4.69) is 6.58 Å². The number of para-hydroxylation sites is 1. The fourth-order valence-corrected chi connectivity index (χ4v) is 2.76. The number of hydrogen-bond acceptors (Lipinski definition) is 4. The van der Waals surface area contributed by atoms with Crippen molar-refractivity contribution in [2.24, 2.45) is 0 Å². The standard InChI is InChI=1S/C19H16O4/c1-12(20)11-15(13-7-3-2-4-8-13)17-18(21)14-9-5-6-10-16(14)23-19(17)22/h2-10,15,20-21H,1,11H2. The summed E-state index contributed by atoms with van der Waals surface area (Å²) < 4.78 is 5.33. The lowest BCUT2D eigenvalue weighted by molar-refractivity contribution is 0.378. The van der Waals surface area contributed by atoms with Crippen molar-refractivity contribution in [3.05, 3.63) is 88.5 Å². The summed E-state index contributed by atoms with van der Waals surface area (Å²) in [6.07, 6.45) is 0.126. The summed E-state index contributed by atoms with van der Waals surface area (Å²) in [4.78, 5) is 12.4. The molecule has 1 atom stereocenters. The summed E-state index contributed by atoms with van der Waals surface area (Å²) in [5.41, 5.74) is 0.635. The van der Waals surface area contributed by atoms with Gasteiger partial charge in [-0.1, -0.05) is 49.0 Å². The third kappa shape index (κ3) is 2.83. The Morgan fingerprint density at radius 1 is 1.09 bits per heavy atom. The van der Waals surface area contributed by atoms with Crippen LogP contribution >= 0.6 is 0 Å². The number of aliphatic hydroxyl groups is 1. The number of rotatable bonds is 4. The summed E-state index contributed by atoms with van der Waals surface area (Å²) >= 11 is 0. The van der Waals surface area contributed by atoms with Crippen LogP contribution in [-0.4, -0.2) is 10.2 Å². The van der Waals surface area contributed by atoms with Crippen molar-refractivity contribution in [2.45, 2.75) is 12.3 Å².